The Morgan fingerprint density at radius 1 is 1.10 bits per heavy atom. The van der Waals surface area contributed by atoms with Gasteiger partial charge in [0.25, 0.3) is 0 Å². The van der Waals surface area contributed by atoms with Crippen LogP contribution in [0.4, 0.5) is 8.78 Å². The Morgan fingerprint density at radius 2 is 1.80 bits per heavy atom. The highest BCUT2D eigenvalue weighted by Crippen LogP contribution is 2.49. The average Bonchev–Trinajstić information content (AvgIpc) is 3.24. The van der Waals surface area contributed by atoms with Crippen LogP contribution in [0.3, 0.4) is 0 Å². The van der Waals surface area contributed by atoms with E-state index < -0.39 is 26.2 Å². The van der Waals surface area contributed by atoms with Crippen molar-refractivity contribution in [2.75, 3.05) is 0 Å². The van der Waals surface area contributed by atoms with Crippen molar-refractivity contribution in [2.45, 2.75) is 41.7 Å². The van der Waals surface area contributed by atoms with Gasteiger partial charge >= 0.3 is 0 Å². The molecule has 0 atom stereocenters. The van der Waals surface area contributed by atoms with Crippen LogP contribution < -0.4 is 0 Å². The van der Waals surface area contributed by atoms with Crippen LogP contribution in [0, 0.1) is 17.6 Å². The van der Waals surface area contributed by atoms with Crippen molar-refractivity contribution in [3.8, 4) is 0 Å². The second-order valence-corrected chi connectivity index (χ2v) is 10.2. The minimum atomic E-state index is -4.03. The van der Waals surface area contributed by atoms with E-state index in [4.69, 9.17) is 11.6 Å². The van der Waals surface area contributed by atoms with E-state index in [1.54, 1.807) is 0 Å². The molecule has 0 spiro atoms. The minimum Gasteiger partial charge on any atom is -0.223 e. The van der Waals surface area contributed by atoms with Crippen LogP contribution in [0.15, 0.2) is 47.4 Å². The fourth-order valence-electron chi connectivity index (χ4n) is 4.24. The standard InChI is InChI=1S/C20H19ClF2N4O2S/c21-14-1-4-16(5-2-14)30(28,29)20(17-12-15(22)3-6-18(17)23)9-7-13(8-10-20)11-19-24-26-27-25-19/h1-6,12-13H,7-11H2,(H,24,25,26,27). The van der Waals surface area contributed by atoms with E-state index in [0.29, 0.717) is 30.1 Å². The molecule has 1 N–H and O–H groups in total. The number of hydrogen-bond donors (Lipinski definition) is 1. The molecule has 3 aromatic rings. The van der Waals surface area contributed by atoms with Crippen LogP contribution in [0.25, 0.3) is 0 Å². The van der Waals surface area contributed by atoms with Gasteiger partial charge in [-0.1, -0.05) is 16.8 Å². The lowest BCUT2D eigenvalue weighted by atomic mass is 9.76. The normalized spacial score (nSPS) is 22.2. The summed E-state index contributed by atoms with van der Waals surface area (Å²) in [5.74, 6) is -0.741. The van der Waals surface area contributed by atoms with Gasteiger partial charge in [-0.2, -0.15) is 5.21 Å². The zero-order valence-corrected chi connectivity index (χ0v) is 17.4. The number of hydrogen-bond acceptors (Lipinski definition) is 5. The monoisotopic (exact) mass is 452 g/mol. The first-order chi connectivity index (χ1) is 14.3. The highest BCUT2D eigenvalue weighted by Gasteiger charge is 2.50. The Labute approximate surface area is 177 Å². The first-order valence-corrected chi connectivity index (χ1v) is 11.4. The number of benzene rings is 2. The number of H-pyrrole nitrogens is 1. The molecule has 0 aliphatic heterocycles. The molecule has 1 heterocycles. The summed E-state index contributed by atoms with van der Waals surface area (Å²) in [6.45, 7) is 0. The Hall–Kier alpha value is -2.39. The van der Waals surface area contributed by atoms with Crippen molar-refractivity contribution in [1.82, 2.24) is 20.6 Å². The van der Waals surface area contributed by atoms with Gasteiger partial charge in [0.1, 0.15) is 16.4 Å². The van der Waals surface area contributed by atoms with Gasteiger partial charge in [-0.3, -0.25) is 0 Å². The molecule has 0 unspecified atom stereocenters. The third-order valence-electron chi connectivity index (χ3n) is 5.83. The lowest BCUT2D eigenvalue weighted by Gasteiger charge is -2.40. The molecular formula is C20H19ClF2N4O2S. The number of rotatable bonds is 5. The molecular weight excluding hydrogens is 434 g/mol. The summed E-state index contributed by atoms with van der Waals surface area (Å²) in [7, 11) is -4.03. The molecule has 0 radical (unpaired) electrons. The minimum absolute atomic E-state index is 0.0344. The van der Waals surface area contributed by atoms with Gasteiger partial charge in [0, 0.05) is 17.0 Å². The van der Waals surface area contributed by atoms with Gasteiger partial charge < -0.3 is 0 Å². The summed E-state index contributed by atoms with van der Waals surface area (Å²) in [5, 5.41) is 14.2. The molecule has 4 rings (SSSR count). The van der Waals surface area contributed by atoms with E-state index in [2.05, 4.69) is 20.6 Å². The van der Waals surface area contributed by atoms with Crippen molar-refractivity contribution < 1.29 is 17.2 Å². The molecule has 2 aromatic carbocycles. The predicted octanol–water partition coefficient (Wildman–Crippen LogP) is 4.23. The number of aromatic amines is 1. The molecule has 30 heavy (non-hydrogen) atoms. The van der Waals surface area contributed by atoms with Gasteiger partial charge in [-0.05, 0) is 74.1 Å². The summed E-state index contributed by atoms with van der Waals surface area (Å²) in [6.07, 6.45) is 1.84. The lowest BCUT2D eigenvalue weighted by Crippen LogP contribution is -2.41. The van der Waals surface area contributed by atoms with Gasteiger partial charge in [0.2, 0.25) is 0 Å². The van der Waals surface area contributed by atoms with Crippen molar-refractivity contribution in [1.29, 1.82) is 0 Å². The number of aromatic nitrogens is 4. The maximum Gasteiger partial charge on any atom is 0.188 e. The van der Waals surface area contributed by atoms with E-state index in [0.717, 1.165) is 18.2 Å². The fraction of sp³-hybridized carbons (Fsp3) is 0.350. The highest BCUT2D eigenvalue weighted by molar-refractivity contribution is 7.92. The van der Waals surface area contributed by atoms with Crippen LogP contribution in [0.1, 0.15) is 37.1 Å². The average molecular weight is 453 g/mol. The summed E-state index contributed by atoms with van der Waals surface area (Å²) in [4.78, 5) is 0.0344. The SMILES string of the molecule is O=S(=O)(c1ccc(Cl)cc1)C1(c2cc(F)ccc2F)CCC(Cc2nn[nH]n2)CC1. The molecule has 1 aromatic heterocycles. The van der Waals surface area contributed by atoms with E-state index >= 15 is 0 Å². The number of tetrazole rings is 1. The summed E-state index contributed by atoms with van der Waals surface area (Å²) in [6, 6.07) is 8.74. The lowest BCUT2D eigenvalue weighted by molar-refractivity contribution is 0.282. The highest BCUT2D eigenvalue weighted by atomic mass is 35.5. The summed E-state index contributed by atoms with van der Waals surface area (Å²) in [5.41, 5.74) is -0.129. The molecule has 1 fully saturated rings. The van der Waals surface area contributed by atoms with Gasteiger partial charge in [-0.25, -0.2) is 17.2 Å². The van der Waals surface area contributed by atoms with Crippen LogP contribution in [-0.4, -0.2) is 29.0 Å². The molecule has 1 aliphatic rings. The maximum atomic E-state index is 14.8. The Balaban J connectivity index is 1.75. The van der Waals surface area contributed by atoms with Crippen LogP contribution in [0.2, 0.25) is 5.02 Å². The van der Waals surface area contributed by atoms with E-state index in [-0.39, 0.29) is 29.2 Å². The zero-order chi connectivity index (χ0) is 21.4. The van der Waals surface area contributed by atoms with Gasteiger partial charge in [0.05, 0.1) is 4.90 Å². The van der Waals surface area contributed by atoms with Crippen molar-refractivity contribution in [2.24, 2.45) is 5.92 Å². The molecule has 0 saturated heterocycles. The molecule has 0 bridgehead atoms. The molecule has 0 amide bonds. The first-order valence-electron chi connectivity index (χ1n) is 9.50. The smallest absolute Gasteiger partial charge is 0.188 e. The zero-order valence-electron chi connectivity index (χ0n) is 15.9. The second-order valence-electron chi connectivity index (χ2n) is 7.55. The number of nitrogens with one attached hydrogen (secondary N) is 1. The van der Waals surface area contributed by atoms with Crippen molar-refractivity contribution >= 4 is 21.4 Å². The Kier molecular flexibility index (Phi) is 5.59. The van der Waals surface area contributed by atoms with Crippen LogP contribution >= 0.6 is 11.6 Å². The molecule has 1 aliphatic carbocycles. The summed E-state index contributed by atoms with van der Waals surface area (Å²) >= 11 is 5.91. The Morgan fingerprint density at radius 3 is 2.43 bits per heavy atom. The van der Waals surface area contributed by atoms with Crippen molar-refractivity contribution in [3.63, 3.8) is 0 Å². The van der Waals surface area contributed by atoms with Crippen molar-refractivity contribution in [3.05, 3.63) is 70.5 Å². The Bertz CT molecular complexity index is 1130. The fourth-order valence-corrected chi connectivity index (χ4v) is 6.53. The van der Waals surface area contributed by atoms with E-state index in [1.165, 1.54) is 24.3 Å². The quantitative estimate of drug-likeness (QED) is 0.625. The van der Waals surface area contributed by atoms with Gasteiger partial charge in [-0.15, -0.1) is 10.2 Å². The van der Waals surface area contributed by atoms with Gasteiger partial charge in [0.15, 0.2) is 15.7 Å². The summed E-state index contributed by atoms with van der Waals surface area (Å²) < 4.78 is 54.8. The molecule has 158 valence electrons. The third kappa shape index (κ3) is 3.72. The van der Waals surface area contributed by atoms with Crippen LogP contribution in [0.5, 0.6) is 0 Å². The predicted molar refractivity (Wildman–Crippen MR) is 107 cm³/mol. The number of halogens is 3. The number of nitrogens with zero attached hydrogens (tertiary/aromatic N) is 3. The maximum absolute atomic E-state index is 14.8. The molecule has 6 nitrogen and oxygen atoms in total. The largest absolute Gasteiger partial charge is 0.223 e. The van der Waals surface area contributed by atoms with Crippen LogP contribution in [-0.2, 0) is 21.0 Å². The molecule has 10 heteroatoms. The third-order valence-corrected chi connectivity index (χ3v) is 8.63. The van der Waals surface area contributed by atoms with E-state index in [1.807, 2.05) is 0 Å². The first kappa shape index (κ1) is 20.9. The number of sulfone groups is 1. The topological polar surface area (TPSA) is 88.6 Å². The second kappa shape index (κ2) is 8.03. The molecule has 1 saturated carbocycles. The van der Waals surface area contributed by atoms with E-state index in [9.17, 15) is 17.2 Å².